The van der Waals surface area contributed by atoms with Gasteiger partial charge in [-0.15, -0.1) is 11.6 Å². The van der Waals surface area contributed by atoms with Crippen molar-refractivity contribution in [2.75, 3.05) is 0 Å². The van der Waals surface area contributed by atoms with Crippen LogP contribution in [0.1, 0.15) is 16.5 Å². The molecule has 0 amide bonds. The molecule has 3 aromatic rings. The monoisotopic (exact) mass is 380 g/mol. The number of rotatable bonds is 3. The summed E-state index contributed by atoms with van der Waals surface area (Å²) in [6.07, 6.45) is 3.71. The van der Waals surface area contributed by atoms with E-state index in [-0.39, 0.29) is 5.38 Å². The molecule has 0 saturated carbocycles. The van der Waals surface area contributed by atoms with Gasteiger partial charge in [0.2, 0.25) is 0 Å². The van der Waals surface area contributed by atoms with Gasteiger partial charge in [0, 0.05) is 21.3 Å². The quantitative estimate of drug-likeness (QED) is 0.538. The van der Waals surface area contributed by atoms with Gasteiger partial charge in [-0.25, -0.2) is 4.68 Å². The molecule has 1 unspecified atom stereocenters. The first kappa shape index (κ1) is 14.6. The SMILES string of the molecule is Clc1cc(Br)cc(C(Cl)c2cnn(-c3ccccc3)c2)c1. The number of hydrogen-bond donors (Lipinski definition) is 0. The lowest BCUT2D eigenvalue weighted by atomic mass is 10.1. The van der Waals surface area contributed by atoms with Crippen LogP contribution in [-0.2, 0) is 0 Å². The molecule has 21 heavy (non-hydrogen) atoms. The van der Waals surface area contributed by atoms with E-state index < -0.39 is 0 Å². The molecule has 2 aromatic carbocycles. The van der Waals surface area contributed by atoms with Crippen molar-refractivity contribution in [3.63, 3.8) is 0 Å². The molecule has 0 aliphatic carbocycles. The number of nitrogens with zero attached hydrogens (tertiary/aromatic N) is 2. The second kappa shape index (κ2) is 6.22. The minimum Gasteiger partial charge on any atom is -0.241 e. The van der Waals surface area contributed by atoms with Crippen LogP contribution in [0.15, 0.2) is 65.4 Å². The maximum atomic E-state index is 6.54. The van der Waals surface area contributed by atoms with E-state index in [0.717, 1.165) is 21.3 Å². The van der Waals surface area contributed by atoms with Crippen molar-refractivity contribution in [2.24, 2.45) is 0 Å². The van der Waals surface area contributed by atoms with Crippen LogP contribution in [0.4, 0.5) is 0 Å². The molecular weight excluding hydrogens is 371 g/mol. The Kier molecular flexibility index (Phi) is 4.34. The van der Waals surface area contributed by atoms with Gasteiger partial charge < -0.3 is 0 Å². The van der Waals surface area contributed by atoms with Crippen molar-refractivity contribution in [1.29, 1.82) is 0 Å². The largest absolute Gasteiger partial charge is 0.241 e. The van der Waals surface area contributed by atoms with Gasteiger partial charge in [0.25, 0.3) is 0 Å². The summed E-state index contributed by atoms with van der Waals surface area (Å²) in [4.78, 5) is 0. The predicted octanol–water partition coefficient (Wildman–Crippen LogP) is 5.62. The van der Waals surface area contributed by atoms with Gasteiger partial charge in [-0.05, 0) is 35.9 Å². The average molecular weight is 382 g/mol. The Hall–Kier alpha value is -1.29. The van der Waals surface area contributed by atoms with E-state index in [9.17, 15) is 0 Å². The van der Waals surface area contributed by atoms with E-state index in [1.54, 1.807) is 6.20 Å². The van der Waals surface area contributed by atoms with E-state index >= 15 is 0 Å². The first-order chi connectivity index (χ1) is 10.1. The fourth-order valence-electron chi connectivity index (χ4n) is 2.10. The van der Waals surface area contributed by atoms with Gasteiger partial charge >= 0.3 is 0 Å². The number of halogens is 3. The summed E-state index contributed by atoms with van der Waals surface area (Å²) in [7, 11) is 0. The number of para-hydroxylation sites is 1. The molecule has 1 aromatic heterocycles. The fraction of sp³-hybridized carbons (Fsp3) is 0.0625. The zero-order valence-corrected chi connectivity index (χ0v) is 14.0. The summed E-state index contributed by atoms with van der Waals surface area (Å²) in [5.74, 6) is 0. The minimum atomic E-state index is -0.294. The lowest BCUT2D eigenvalue weighted by Gasteiger charge is -2.09. The molecule has 3 rings (SSSR count). The highest BCUT2D eigenvalue weighted by Crippen LogP contribution is 2.32. The Balaban J connectivity index is 1.92. The van der Waals surface area contributed by atoms with Gasteiger partial charge in [0.15, 0.2) is 0 Å². The maximum absolute atomic E-state index is 6.54. The van der Waals surface area contributed by atoms with E-state index in [4.69, 9.17) is 23.2 Å². The topological polar surface area (TPSA) is 17.8 Å². The van der Waals surface area contributed by atoms with E-state index in [2.05, 4.69) is 21.0 Å². The molecule has 1 atom stereocenters. The Morgan fingerprint density at radius 1 is 1.05 bits per heavy atom. The Morgan fingerprint density at radius 3 is 2.52 bits per heavy atom. The molecule has 5 heteroatoms. The van der Waals surface area contributed by atoms with Crippen LogP contribution in [0.2, 0.25) is 5.02 Å². The summed E-state index contributed by atoms with van der Waals surface area (Å²) in [5.41, 5.74) is 2.86. The van der Waals surface area contributed by atoms with Crippen LogP contribution in [0.5, 0.6) is 0 Å². The zero-order valence-electron chi connectivity index (χ0n) is 10.9. The first-order valence-corrected chi connectivity index (χ1v) is 7.94. The molecule has 0 bridgehead atoms. The normalized spacial score (nSPS) is 12.3. The van der Waals surface area contributed by atoms with E-state index in [0.29, 0.717) is 5.02 Å². The van der Waals surface area contributed by atoms with Gasteiger partial charge in [-0.1, -0.05) is 45.7 Å². The molecule has 0 spiro atoms. The lowest BCUT2D eigenvalue weighted by Crippen LogP contribution is -1.94. The highest BCUT2D eigenvalue weighted by Gasteiger charge is 2.14. The van der Waals surface area contributed by atoms with Crippen LogP contribution >= 0.6 is 39.1 Å². The van der Waals surface area contributed by atoms with Crippen molar-refractivity contribution < 1.29 is 0 Å². The van der Waals surface area contributed by atoms with Crippen LogP contribution < -0.4 is 0 Å². The highest BCUT2D eigenvalue weighted by molar-refractivity contribution is 9.10. The summed E-state index contributed by atoms with van der Waals surface area (Å²) in [6, 6.07) is 15.6. The summed E-state index contributed by atoms with van der Waals surface area (Å²) < 4.78 is 2.72. The van der Waals surface area contributed by atoms with Gasteiger partial charge in [0.1, 0.15) is 0 Å². The fourth-order valence-corrected chi connectivity index (χ4v) is 3.23. The molecule has 0 fully saturated rings. The van der Waals surface area contributed by atoms with Crippen LogP contribution in [0.3, 0.4) is 0 Å². The third-order valence-corrected chi connectivity index (χ3v) is 4.27. The Labute approximate surface area is 141 Å². The van der Waals surface area contributed by atoms with Crippen LogP contribution in [0.25, 0.3) is 5.69 Å². The smallest absolute Gasteiger partial charge is 0.0866 e. The standard InChI is InChI=1S/C16H11BrCl2N2/c17-13-6-11(7-14(18)8-13)16(19)12-9-20-21(10-12)15-4-2-1-3-5-15/h1-10,16H. The van der Waals surface area contributed by atoms with E-state index in [1.165, 1.54) is 0 Å². The van der Waals surface area contributed by atoms with E-state index in [1.807, 2.05) is 59.4 Å². The predicted molar refractivity (Wildman–Crippen MR) is 90.4 cm³/mol. The molecular formula is C16H11BrCl2N2. The summed E-state index contributed by atoms with van der Waals surface area (Å²) >= 11 is 16.0. The number of benzene rings is 2. The molecule has 0 aliphatic rings. The zero-order chi connectivity index (χ0) is 14.8. The third kappa shape index (κ3) is 3.31. The molecule has 0 N–H and O–H groups in total. The number of alkyl halides is 1. The molecule has 0 aliphatic heterocycles. The highest BCUT2D eigenvalue weighted by atomic mass is 79.9. The molecule has 106 valence electrons. The molecule has 0 saturated heterocycles. The second-order valence-electron chi connectivity index (χ2n) is 4.62. The van der Waals surface area contributed by atoms with Gasteiger partial charge in [-0.2, -0.15) is 5.10 Å². The van der Waals surface area contributed by atoms with Crippen molar-refractivity contribution in [3.8, 4) is 5.69 Å². The lowest BCUT2D eigenvalue weighted by molar-refractivity contribution is 0.880. The van der Waals surface area contributed by atoms with Crippen molar-refractivity contribution in [1.82, 2.24) is 9.78 Å². The van der Waals surface area contributed by atoms with Crippen LogP contribution in [0, 0.1) is 0 Å². The average Bonchev–Trinajstić information content (AvgIpc) is 2.96. The third-order valence-electron chi connectivity index (χ3n) is 3.09. The first-order valence-electron chi connectivity index (χ1n) is 6.33. The Bertz CT molecular complexity index is 736. The molecule has 1 heterocycles. The maximum Gasteiger partial charge on any atom is 0.0866 e. The van der Waals surface area contributed by atoms with Gasteiger partial charge in [0.05, 0.1) is 17.3 Å². The van der Waals surface area contributed by atoms with Crippen molar-refractivity contribution in [2.45, 2.75) is 5.38 Å². The molecule has 2 nitrogen and oxygen atoms in total. The Morgan fingerprint density at radius 2 is 1.81 bits per heavy atom. The number of hydrogen-bond acceptors (Lipinski definition) is 1. The van der Waals surface area contributed by atoms with Crippen LogP contribution in [-0.4, -0.2) is 9.78 Å². The van der Waals surface area contributed by atoms with Crippen molar-refractivity contribution >= 4 is 39.1 Å². The second-order valence-corrected chi connectivity index (χ2v) is 6.41. The number of aromatic nitrogens is 2. The minimum absolute atomic E-state index is 0.294. The summed E-state index contributed by atoms with van der Waals surface area (Å²) in [6.45, 7) is 0. The summed E-state index contributed by atoms with van der Waals surface area (Å²) in [5, 5.41) is 4.72. The molecule has 0 radical (unpaired) electrons. The van der Waals surface area contributed by atoms with Crippen molar-refractivity contribution in [3.05, 3.63) is 81.5 Å². The van der Waals surface area contributed by atoms with Gasteiger partial charge in [-0.3, -0.25) is 0 Å².